The Hall–Kier alpha value is -3.99. The summed E-state index contributed by atoms with van der Waals surface area (Å²) in [5.74, 6) is -0.128. The molecule has 0 aliphatic carbocycles. The van der Waals surface area contributed by atoms with Gasteiger partial charge in [-0.2, -0.15) is 0 Å². The molecule has 0 saturated carbocycles. The number of unbranched alkanes of at least 4 members (excludes halogenated alkanes) is 13. The van der Waals surface area contributed by atoms with E-state index in [0.717, 1.165) is 109 Å². The average molecular weight is 878 g/mol. The third kappa shape index (κ3) is 49.0. The number of carbonyl (C=O) groups excluding carboxylic acids is 1. The molecule has 0 aromatic rings. The van der Waals surface area contributed by atoms with Crippen LogP contribution < -0.4 is 5.32 Å². The van der Waals surface area contributed by atoms with E-state index in [1.54, 1.807) is 6.08 Å². The maximum Gasteiger partial charge on any atom is 0.220 e. The highest BCUT2D eigenvalue weighted by molar-refractivity contribution is 5.76. The second kappa shape index (κ2) is 53.3. The zero-order valence-corrected chi connectivity index (χ0v) is 41.0. The summed E-state index contributed by atoms with van der Waals surface area (Å²) in [5, 5.41) is 23.0. The van der Waals surface area contributed by atoms with Crippen LogP contribution in [0.5, 0.6) is 0 Å². The van der Waals surface area contributed by atoms with Gasteiger partial charge < -0.3 is 15.5 Å². The number of amides is 1. The molecule has 0 rings (SSSR count). The van der Waals surface area contributed by atoms with E-state index in [9.17, 15) is 15.0 Å². The Kier molecular flexibility index (Phi) is 50.0. The van der Waals surface area contributed by atoms with Crippen molar-refractivity contribution in [1.29, 1.82) is 0 Å². The Bertz CT molecular complexity index is 1410. The molecule has 0 aromatic carbocycles. The molecule has 64 heavy (non-hydrogen) atoms. The highest BCUT2D eigenvalue weighted by atomic mass is 16.3. The summed E-state index contributed by atoms with van der Waals surface area (Å²) < 4.78 is 0. The molecule has 3 N–H and O–H groups in total. The lowest BCUT2D eigenvalue weighted by Gasteiger charge is -2.19. The SMILES string of the molecule is CC/C=C\C/C=C\C/C=C\C/C=C\C/C=C\C/C=C\C/C=C\C/C=C\C/C=C\C/C=C\CCCCC(=O)NC(CO)C(O)/C=C/CC/C=C/CC/C=C/CCCCCCCCCCC. The van der Waals surface area contributed by atoms with Gasteiger partial charge in [-0.15, -0.1) is 0 Å². The summed E-state index contributed by atoms with van der Waals surface area (Å²) >= 11 is 0. The molecule has 2 atom stereocenters. The molecular weight excluding hydrogens is 783 g/mol. The van der Waals surface area contributed by atoms with Crippen molar-refractivity contribution in [1.82, 2.24) is 5.32 Å². The molecule has 0 aliphatic rings. The summed E-state index contributed by atoms with van der Waals surface area (Å²) in [6.07, 6.45) is 86.6. The van der Waals surface area contributed by atoms with Crippen LogP contribution in [0.3, 0.4) is 0 Å². The highest BCUT2D eigenvalue weighted by Gasteiger charge is 2.17. The number of allylic oxidation sites excluding steroid dienone is 25. The van der Waals surface area contributed by atoms with Crippen LogP contribution in [0.2, 0.25) is 0 Å². The van der Waals surface area contributed by atoms with Crippen molar-refractivity contribution < 1.29 is 15.0 Å². The summed E-state index contributed by atoms with van der Waals surface area (Å²) in [4.78, 5) is 12.4. The minimum Gasteiger partial charge on any atom is -0.394 e. The van der Waals surface area contributed by atoms with E-state index in [2.05, 4.69) is 165 Å². The van der Waals surface area contributed by atoms with E-state index in [0.29, 0.717) is 6.42 Å². The van der Waals surface area contributed by atoms with Gasteiger partial charge in [-0.25, -0.2) is 0 Å². The van der Waals surface area contributed by atoms with Crippen molar-refractivity contribution in [3.8, 4) is 0 Å². The Balaban J connectivity index is 3.80. The Labute approximate surface area is 395 Å². The number of rotatable bonds is 44. The molecule has 4 nitrogen and oxygen atoms in total. The number of aliphatic hydroxyl groups excluding tert-OH is 2. The number of nitrogens with one attached hydrogen (secondary N) is 1. The Morgan fingerprint density at radius 2 is 0.703 bits per heavy atom. The van der Waals surface area contributed by atoms with Crippen LogP contribution in [0.1, 0.15) is 194 Å². The Morgan fingerprint density at radius 3 is 1.09 bits per heavy atom. The first-order chi connectivity index (χ1) is 31.7. The molecule has 0 aromatic heterocycles. The van der Waals surface area contributed by atoms with Crippen LogP contribution in [-0.4, -0.2) is 34.9 Å². The number of hydrogen-bond acceptors (Lipinski definition) is 3. The second-order valence-electron chi connectivity index (χ2n) is 16.5. The molecule has 2 unspecified atom stereocenters. The zero-order chi connectivity index (χ0) is 46.3. The van der Waals surface area contributed by atoms with Crippen LogP contribution in [0.4, 0.5) is 0 Å². The molecule has 0 fully saturated rings. The maximum atomic E-state index is 12.4. The summed E-state index contributed by atoms with van der Waals surface area (Å²) in [6.45, 7) is 4.14. The minimum atomic E-state index is -0.901. The van der Waals surface area contributed by atoms with Crippen LogP contribution in [-0.2, 0) is 4.79 Å². The number of hydrogen-bond donors (Lipinski definition) is 3. The fourth-order valence-corrected chi connectivity index (χ4v) is 6.59. The molecule has 0 heterocycles. The van der Waals surface area contributed by atoms with E-state index < -0.39 is 12.1 Å². The van der Waals surface area contributed by atoms with Crippen LogP contribution in [0.25, 0.3) is 0 Å². The lowest BCUT2D eigenvalue weighted by atomic mass is 10.1. The monoisotopic (exact) mass is 878 g/mol. The third-order valence-electron chi connectivity index (χ3n) is 10.5. The number of aliphatic hydroxyl groups is 2. The lowest BCUT2D eigenvalue weighted by Crippen LogP contribution is -2.45. The molecule has 0 aliphatic heterocycles. The van der Waals surface area contributed by atoms with Gasteiger partial charge in [0.15, 0.2) is 0 Å². The summed E-state index contributed by atoms with van der Waals surface area (Å²) in [7, 11) is 0. The molecule has 358 valence electrons. The highest BCUT2D eigenvalue weighted by Crippen LogP contribution is 2.11. The van der Waals surface area contributed by atoms with Gasteiger partial charge in [0.05, 0.1) is 18.8 Å². The van der Waals surface area contributed by atoms with Gasteiger partial charge >= 0.3 is 0 Å². The van der Waals surface area contributed by atoms with E-state index in [-0.39, 0.29) is 12.5 Å². The molecular formula is C60H95NO3. The van der Waals surface area contributed by atoms with Crippen molar-refractivity contribution in [2.24, 2.45) is 0 Å². The first-order valence-corrected chi connectivity index (χ1v) is 25.7. The molecule has 4 heteroatoms. The van der Waals surface area contributed by atoms with Gasteiger partial charge in [0.2, 0.25) is 5.91 Å². The van der Waals surface area contributed by atoms with Crippen LogP contribution in [0, 0.1) is 0 Å². The standard InChI is InChI=1S/C60H95NO3/c1-3-5-7-9-11-13-15-17-19-21-23-24-25-26-27-28-29-30-31-32-33-34-35-36-38-40-42-44-46-48-50-52-54-56-60(64)61-58(57-62)59(63)55-53-51-49-47-45-43-41-39-37-22-20-18-16-14-12-10-8-6-4-2/h5,7,11,13,17,19,23-24,26-27,29-30,32-33,35-37,39-40,42,45-48,53,55,58-59,62-63H,3-4,6,8-10,12,14-16,18,20-22,25,28,31,34,38,41,43-44,49-52,54,56-57H2,1-2H3,(H,61,64)/b7-5-,13-11-,19-17-,24-23-,27-26-,30-29-,33-32-,36-35-,39-37+,42-40-,47-45+,48-46-,55-53+. The van der Waals surface area contributed by atoms with Crippen molar-refractivity contribution in [3.05, 3.63) is 158 Å². The third-order valence-corrected chi connectivity index (χ3v) is 10.5. The van der Waals surface area contributed by atoms with Crippen LogP contribution >= 0.6 is 0 Å². The van der Waals surface area contributed by atoms with Crippen LogP contribution in [0.15, 0.2) is 158 Å². The Morgan fingerprint density at radius 1 is 0.391 bits per heavy atom. The molecule has 0 bridgehead atoms. The van der Waals surface area contributed by atoms with Crippen molar-refractivity contribution >= 4 is 5.91 Å². The van der Waals surface area contributed by atoms with Gasteiger partial charge in [0.1, 0.15) is 0 Å². The van der Waals surface area contributed by atoms with Crippen molar-refractivity contribution in [2.45, 2.75) is 206 Å². The van der Waals surface area contributed by atoms with Crippen molar-refractivity contribution in [2.75, 3.05) is 6.61 Å². The first kappa shape index (κ1) is 60.0. The average Bonchev–Trinajstić information content (AvgIpc) is 3.30. The van der Waals surface area contributed by atoms with Crippen molar-refractivity contribution in [3.63, 3.8) is 0 Å². The van der Waals surface area contributed by atoms with Gasteiger partial charge in [-0.3, -0.25) is 4.79 Å². The fourth-order valence-electron chi connectivity index (χ4n) is 6.59. The zero-order valence-electron chi connectivity index (χ0n) is 41.0. The quantitative estimate of drug-likeness (QED) is 0.0422. The molecule has 0 radical (unpaired) electrons. The largest absolute Gasteiger partial charge is 0.394 e. The number of carbonyl (C=O) groups is 1. The van der Waals surface area contributed by atoms with E-state index >= 15 is 0 Å². The topological polar surface area (TPSA) is 69.6 Å². The fraction of sp³-hybridized carbons (Fsp3) is 0.550. The molecule has 0 spiro atoms. The summed E-state index contributed by atoms with van der Waals surface area (Å²) in [5.41, 5.74) is 0. The van der Waals surface area contributed by atoms with E-state index in [1.807, 2.05) is 6.08 Å². The van der Waals surface area contributed by atoms with Gasteiger partial charge in [-0.1, -0.05) is 223 Å². The first-order valence-electron chi connectivity index (χ1n) is 25.7. The van der Waals surface area contributed by atoms with E-state index in [1.165, 1.54) is 64.2 Å². The summed E-state index contributed by atoms with van der Waals surface area (Å²) in [6, 6.07) is -0.682. The smallest absolute Gasteiger partial charge is 0.220 e. The van der Waals surface area contributed by atoms with Gasteiger partial charge in [0.25, 0.3) is 0 Å². The predicted molar refractivity (Wildman–Crippen MR) is 284 cm³/mol. The molecule has 1 amide bonds. The lowest BCUT2D eigenvalue weighted by molar-refractivity contribution is -0.123. The van der Waals surface area contributed by atoms with E-state index in [4.69, 9.17) is 0 Å². The molecule has 0 saturated heterocycles. The second-order valence-corrected chi connectivity index (χ2v) is 16.5. The normalized spacial score (nSPS) is 14.2. The van der Waals surface area contributed by atoms with Gasteiger partial charge in [-0.05, 0) is 122 Å². The van der Waals surface area contributed by atoms with Gasteiger partial charge in [0, 0.05) is 6.42 Å². The maximum absolute atomic E-state index is 12.4. The predicted octanol–water partition coefficient (Wildman–Crippen LogP) is 17.0. The minimum absolute atomic E-state index is 0.128.